The Morgan fingerprint density at radius 2 is 1.48 bits per heavy atom. The molecule has 1 aliphatic heterocycles. The van der Waals surface area contributed by atoms with Crippen molar-refractivity contribution in [1.29, 1.82) is 0 Å². The molecule has 0 unspecified atom stereocenters. The number of benzene rings is 3. The number of rotatable bonds is 4. The van der Waals surface area contributed by atoms with Gasteiger partial charge in [0.15, 0.2) is 11.5 Å². The molecule has 0 aromatic heterocycles. The summed E-state index contributed by atoms with van der Waals surface area (Å²) in [5, 5.41) is -1.24. The third-order valence-corrected chi connectivity index (χ3v) is 6.42. The van der Waals surface area contributed by atoms with E-state index >= 15 is 0 Å². The molecule has 0 atom stereocenters. The molecule has 5 nitrogen and oxygen atoms in total. The summed E-state index contributed by atoms with van der Waals surface area (Å²) in [5.41, 5.74) is -0.750. The van der Waals surface area contributed by atoms with Crippen molar-refractivity contribution in [2.45, 2.75) is 11.1 Å². The van der Waals surface area contributed by atoms with Crippen molar-refractivity contribution in [3.8, 4) is 22.6 Å². The molecule has 3 aromatic rings. The number of sulfonamides is 1. The van der Waals surface area contributed by atoms with Crippen LogP contribution in [0.25, 0.3) is 11.1 Å². The van der Waals surface area contributed by atoms with Gasteiger partial charge in [0, 0.05) is 11.6 Å². The van der Waals surface area contributed by atoms with Gasteiger partial charge in [-0.2, -0.15) is 13.2 Å². The van der Waals surface area contributed by atoms with E-state index in [-0.39, 0.29) is 34.3 Å². The van der Waals surface area contributed by atoms with E-state index in [1.54, 1.807) is 18.2 Å². The minimum absolute atomic E-state index is 0.00195. The highest BCUT2D eigenvalue weighted by atomic mass is 35.5. The number of hydrogen-bond donors (Lipinski definition) is 1. The van der Waals surface area contributed by atoms with Gasteiger partial charge in [-0.05, 0) is 35.9 Å². The van der Waals surface area contributed by atoms with Crippen molar-refractivity contribution in [3.63, 3.8) is 0 Å². The van der Waals surface area contributed by atoms with Crippen LogP contribution in [0.15, 0.2) is 59.5 Å². The smallest absolute Gasteiger partial charge is 0.419 e. The lowest BCUT2D eigenvalue weighted by molar-refractivity contribution is -0.137. The van der Waals surface area contributed by atoms with Crippen molar-refractivity contribution >= 4 is 38.9 Å². The van der Waals surface area contributed by atoms with Crippen LogP contribution < -0.4 is 14.2 Å². The van der Waals surface area contributed by atoms with Crippen molar-refractivity contribution in [1.82, 2.24) is 0 Å². The molecule has 0 radical (unpaired) electrons. The SMILES string of the molecule is O=S(=O)(Nc1cc2c(cc1-c1cc(Cl)c(C(F)(F)F)c(Cl)c1)OCO2)c1ccccc1. The molecule has 1 N–H and O–H groups in total. The Morgan fingerprint density at radius 3 is 2.06 bits per heavy atom. The fraction of sp³-hybridized carbons (Fsp3) is 0.100. The summed E-state index contributed by atoms with van der Waals surface area (Å²) in [6.07, 6.45) is -4.75. The lowest BCUT2D eigenvalue weighted by atomic mass is 10.0. The van der Waals surface area contributed by atoms with Gasteiger partial charge in [-0.25, -0.2) is 8.42 Å². The molecule has 0 saturated heterocycles. The van der Waals surface area contributed by atoms with E-state index in [0.29, 0.717) is 5.75 Å². The van der Waals surface area contributed by atoms with Crippen molar-refractivity contribution in [3.05, 3.63) is 70.2 Å². The second kappa shape index (κ2) is 7.81. The third kappa shape index (κ3) is 4.26. The Labute approximate surface area is 185 Å². The number of fused-ring (bicyclic) bond motifs is 1. The molecule has 3 aromatic carbocycles. The molecule has 1 aliphatic rings. The molecule has 4 rings (SSSR count). The third-order valence-electron chi connectivity index (χ3n) is 4.45. The Hall–Kier alpha value is -2.62. The van der Waals surface area contributed by atoms with E-state index < -0.39 is 31.8 Å². The summed E-state index contributed by atoms with van der Waals surface area (Å²) in [4.78, 5) is 0.00195. The average molecular weight is 490 g/mol. The van der Waals surface area contributed by atoms with Gasteiger partial charge in [0.25, 0.3) is 10.0 Å². The summed E-state index contributed by atoms with van der Waals surface area (Å²) in [6.45, 7) is -0.0851. The van der Waals surface area contributed by atoms with E-state index in [1.165, 1.54) is 24.3 Å². The van der Waals surface area contributed by atoms with Crippen molar-refractivity contribution < 1.29 is 31.1 Å². The molecule has 0 aliphatic carbocycles. The van der Waals surface area contributed by atoms with Crippen LogP contribution in [0.3, 0.4) is 0 Å². The normalized spacial score (nSPS) is 13.3. The molecule has 162 valence electrons. The molecule has 31 heavy (non-hydrogen) atoms. The number of alkyl halides is 3. The Morgan fingerprint density at radius 1 is 0.903 bits per heavy atom. The van der Waals surface area contributed by atoms with Crippen LogP contribution in [0.2, 0.25) is 10.0 Å². The van der Waals surface area contributed by atoms with Gasteiger partial charge in [-0.15, -0.1) is 0 Å². The lowest BCUT2D eigenvalue weighted by Gasteiger charge is -2.17. The van der Waals surface area contributed by atoms with E-state index in [2.05, 4.69) is 4.72 Å². The first-order valence-corrected chi connectivity index (χ1v) is 10.9. The summed E-state index contributed by atoms with van der Waals surface area (Å²) in [6, 6.07) is 12.5. The highest BCUT2D eigenvalue weighted by Crippen LogP contribution is 2.46. The zero-order valence-electron chi connectivity index (χ0n) is 15.3. The van der Waals surface area contributed by atoms with Crippen LogP contribution >= 0.6 is 23.2 Å². The fourth-order valence-electron chi connectivity index (χ4n) is 3.07. The van der Waals surface area contributed by atoms with Crippen LogP contribution in [0, 0.1) is 0 Å². The summed E-state index contributed by atoms with van der Waals surface area (Å²) < 4.78 is 78.4. The maximum atomic E-state index is 13.2. The zero-order valence-corrected chi connectivity index (χ0v) is 17.7. The minimum Gasteiger partial charge on any atom is -0.454 e. The second-order valence-corrected chi connectivity index (χ2v) is 8.98. The first kappa shape index (κ1) is 21.6. The van der Waals surface area contributed by atoms with Gasteiger partial charge in [-0.1, -0.05) is 41.4 Å². The molecule has 0 bridgehead atoms. The second-order valence-electron chi connectivity index (χ2n) is 6.48. The minimum atomic E-state index is -4.75. The van der Waals surface area contributed by atoms with Gasteiger partial charge in [0.2, 0.25) is 6.79 Å². The van der Waals surface area contributed by atoms with Crippen molar-refractivity contribution in [2.24, 2.45) is 0 Å². The Kier molecular flexibility index (Phi) is 5.45. The number of hydrogen-bond acceptors (Lipinski definition) is 4. The quantitative estimate of drug-likeness (QED) is 0.473. The van der Waals surface area contributed by atoms with Gasteiger partial charge in [0.1, 0.15) is 0 Å². The Bertz CT molecular complexity index is 1240. The largest absolute Gasteiger partial charge is 0.454 e. The molecule has 0 saturated carbocycles. The first-order valence-electron chi connectivity index (χ1n) is 8.64. The monoisotopic (exact) mass is 489 g/mol. The van der Waals surface area contributed by atoms with E-state index in [0.717, 1.165) is 12.1 Å². The number of anilines is 1. The molecular weight excluding hydrogens is 478 g/mol. The number of halogens is 5. The highest BCUT2D eigenvalue weighted by Gasteiger charge is 2.36. The maximum Gasteiger partial charge on any atom is 0.419 e. The van der Waals surface area contributed by atoms with E-state index in [9.17, 15) is 21.6 Å². The maximum absolute atomic E-state index is 13.2. The number of nitrogens with one attached hydrogen (secondary N) is 1. The van der Waals surface area contributed by atoms with Crippen molar-refractivity contribution in [2.75, 3.05) is 11.5 Å². The number of ether oxygens (including phenoxy) is 2. The average Bonchev–Trinajstić information content (AvgIpc) is 3.13. The zero-order chi connectivity index (χ0) is 22.4. The molecule has 0 fully saturated rings. The van der Waals surface area contributed by atoms with Gasteiger partial charge in [0.05, 0.1) is 26.2 Å². The van der Waals surface area contributed by atoms with Crippen LogP contribution in [0.1, 0.15) is 5.56 Å². The van der Waals surface area contributed by atoms with Crippen LogP contribution in [0.4, 0.5) is 18.9 Å². The highest BCUT2D eigenvalue weighted by molar-refractivity contribution is 7.92. The summed E-state index contributed by atoms with van der Waals surface area (Å²) >= 11 is 11.7. The summed E-state index contributed by atoms with van der Waals surface area (Å²) in [7, 11) is -4.01. The van der Waals surface area contributed by atoms with E-state index in [1.807, 2.05) is 0 Å². The van der Waals surface area contributed by atoms with Gasteiger partial charge >= 0.3 is 6.18 Å². The van der Waals surface area contributed by atoms with E-state index in [4.69, 9.17) is 32.7 Å². The topological polar surface area (TPSA) is 64.6 Å². The van der Waals surface area contributed by atoms with Gasteiger partial charge in [-0.3, -0.25) is 4.72 Å². The predicted molar refractivity (Wildman–Crippen MR) is 110 cm³/mol. The molecule has 0 amide bonds. The Balaban J connectivity index is 1.86. The molecule has 11 heteroatoms. The lowest BCUT2D eigenvalue weighted by Crippen LogP contribution is -2.13. The summed E-state index contributed by atoms with van der Waals surface area (Å²) in [5.74, 6) is 0.573. The molecular formula is C20H12Cl2F3NO4S. The van der Waals surface area contributed by atoms with Crippen LogP contribution in [-0.4, -0.2) is 15.2 Å². The molecule has 0 spiro atoms. The standard InChI is InChI=1S/C20H12Cl2F3NO4S/c21-14-6-11(7-15(22)19(14)20(23,24)25)13-8-17-18(30-10-29-17)9-16(13)26-31(27,28)12-4-2-1-3-5-12/h1-9,26H,10H2. The predicted octanol–water partition coefficient (Wildman–Crippen LogP) is 6.21. The first-order chi connectivity index (χ1) is 14.6. The molecule has 1 heterocycles. The van der Waals surface area contributed by atoms with Gasteiger partial charge < -0.3 is 9.47 Å². The fourth-order valence-corrected chi connectivity index (χ4v) is 4.86. The van der Waals surface area contributed by atoms with Crippen LogP contribution in [-0.2, 0) is 16.2 Å². The van der Waals surface area contributed by atoms with Crippen LogP contribution in [0.5, 0.6) is 11.5 Å².